The summed E-state index contributed by atoms with van der Waals surface area (Å²) in [4.78, 5) is 22.2. The molecule has 1 heterocycles. The van der Waals surface area contributed by atoms with Gasteiger partial charge in [0.1, 0.15) is 5.75 Å². The second-order valence-corrected chi connectivity index (χ2v) is 5.01. The Labute approximate surface area is 129 Å². The summed E-state index contributed by atoms with van der Waals surface area (Å²) in [5.74, 6) is 0.0381. The molecule has 0 bridgehead atoms. The van der Waals surface area contributed by atoms with Gasteiger partial charge in [-0.05, 0) is 16.5 Å². The van der Waals surface area contributed by atoms with Gasteiger partial charge in [-0.2, -0.15) is 0 Å². The van der Waals surface area contributed by atoms with Crippen LogP contribution >= 0.6 is 11.8 Å². The molecule has 11 heteroatoms. The second kappa shape index (κ2) is 6.85. The number of amides is 1. The maximum Gasteiger partial charge on any atom is 0.271 e. The minimum Gasteiger partial charge on any atom is -0.495 e. The van der Waals surface area contributed by atoms with Gasteiger partial charge in [0.25, 0.3) is 5.69 Å². The fourth-order valence-corrected chi connectivity index (χ4v) is 2.22. The van der Waals surface area contributed by atoms with Crippen LogP contribution in [0, 0.1) is 10.1 Å². The van der Waals surface area contributed by atoms with E-state index in [0.29, 0.717) is 10.9 Å². The quantitative estimate of drug-likeness (QED) is 0.471. The molecule has 22 heavy (non-hydrogen) atoms. The number of nitro benzene ring substituents is 1. The number of nitro groups is 1. The molecule has 1 aromatic heterocycles. The van der Waals surface area contributed by atoms with Crippen molar-refractivity contribution in [1.82, 2.24) is 20.2 Å². The van der Waals surface area contributed by atoms with Crippen molar-refractivity contribution in [2.45, 2.75) is 5.16 Å². The van der Waals surface area contributed by atoms with Gasteiger partial charge in [-0.25, -0.2) is 4.68 Å². The third-order valence-corrected chi connectivity index (χ3v) is 3.59. The van der Waals surface area contributed by atoms with E-state index in [-0.39, 0.29) is 23.0 Å². The molecule has 1 N–H and O–H groups in total. The van der Waals surface area contributed by atoms with Gasteiger partial charge in [-0.1, -0.05) is 11.8 Å². The van der Waals surface area contributed by atoms with E-state index < -0.39 is 4.92 Å². The number of aryl methyl sites for hydroxylation is 1. The first kappa shape index (κ1) is 15.7. The lowest BCUT2D eigenvalue weighted by Gasteiger charge is -2.09. The van der Waals surface area contributed by atoms with E-state index in [4.69, 9.17) is 4.74 Å². The number of ether oxygens (including phenoxy) is 1. The predicted octanol–water partition coefficient (Wildman–Crippen LogP) is 0.858. The lowest BCUT2D eigenvalue weighted by molar-refractivity contribution is -0.384. The molecular formula is C11H12N6O4S. The topological polar surface area (TPSA) is 125 Å². The van der Waals surface area contributed by atoms with Crippen LogP contribution in [0.3, 0.4) is 0 Å². The molecule has 2 aromatic rings. The molecule has 2 rings (SSSR count). The number of hydrogen-bond acceptors (Lipinski definition) is 8. The van der Waals surface area contributed by atoms with Crippen molar-refractivity contribution in [2.24, 2.45) is 7.05 Å². The Morgan fingerprint density at radius 1 is 1.55 bits per heavy atom. The van der Waals surface area contributed by atoms with Crippen molar-refractivity contribution < 1.29 is 14.5 Å². The van der Waals surface area contributed by atoms with Crippen molar-refractivity contribution >= 4 is 29.0 Å². The number of thioether (sulfide) groups is 1. The first-order valence-corrected chi connectivity index (χ1v) is 6.97. The molecule has 0 aliphatic rings. The summed E-state index contributed by atoms with van der Waals surface area (Å²) in [7, 11) is 3.07. The average Bonchev–Trinajstić information content (AvgIpc) is 2.90. The molecule has 0 aliphatic heterocycles. The number of hydrogen-bond donors (Lipinski definition) is 1. The lowest BCUT2D eigenvalue weighted by Crippen LogP contribution is -2.15. The average molecular weight is 324 g/mol. The number of benzene rings is 1. The van der Waals surface area contributed by atoms with E-state index in [9.17, 15) is 14.9 Å². The number of carbonyl (C=O) groups excluding carboxylic acids is 1. The fourth-order valence-electron chi connectivity index (χ4n) is 1.57. The zero-order chi connectivity index (χ0) is 16.1. The van der Waals surface area contributed by atoms with Gasteiger partial charge in [0.15, 0.2) is 0 Å². The van der Waals surface area contributed by atoms with Crippen molar-refractivity contribution in [3.8, 4) is 5.75 Å². The van der Waals surface area contributed by atoms with Crippen LogP contribution in [0.25, 0.3) is 0 Å². The highest BCUT2D eigenvalue weighted by atomic mass is 32.2. The Morgan fingerprint density at radius 3 is 2.91 bits per heavy atom. The van der Waals surface area contributed by atoms with Crippen molar-refractivity contribution in [3.05, 3.63) is 28.3 Å². The summed E-state index contributed by atoms with van der Waals surface area (Å²) in [5.41, 5.74) is 0.0969. The minimum atomic E-state index is -0.547. The van der Waals surface area contributed by atoms with Crippen LogP contribution in [0.15, 0.2) is 23.4 Å². The minimum absolute atomic E-state index is 0.0556. The molecule has 0 atom stereocenters. The van der Waals surface area contributed by atoms with Crippen LogP contribution in [0.5, 0.6) is 5.75 Å². The number of nitrogens with one attached hydrogen (secondary N) is 1. The lowest BCUT2D eigenvalue weighted by atomic mass is 10.2. The van der Waals surface area contributed by atoms with Crippen LogP contribution in [-0.2, 0) is 11.8 Å². The van der Waals surface area contributed by atoms with Crippen molar-refractivity contribution in [1.29, 1.82) is 0 Å². The van der Waals surface area contributed by atoms with E-state index >= 15 is 0 Å². The first-order chi connectivity index (χ1) is 10.5. The maximum atomic E-state index is 11.9. The number of nitrogens with zero attached hydrogens (tertiary/aromatic N) is 5. The van der Waals surface area contributed by atoms with Crippen LogP contribution in [-0.4, -0.2) is 43.9 Å². The molecule has 0 unspecified atom stereocenters. The van der Waals surface area contributed by atoms with Crippen molar-refractivity contribution in [2.75, 3.05) is 18.2 Å². The molecule has 116 valence electrons. The molecule has 1 amide bonds. The monoisotopic (exact) mass is 324 g/mol. The van der Waals surface area contributed by atoms with Crippen LogP contribution < -0.4 is 10.1 Å². The zero-order valence-electron chi connectivity index (χ0n) is 11.7. The Balaban J connectivity index is 2.05. The summed E-state index contributed by atoms with van der Waals surface area (Å²) >= 11 is 1.15. The molecule has 0 saturated heterocycles. The van der Waals surface area contributed by atoms with Gasteiger partial charge in [0.2, 0.25) is 11.1 Å². The highest BCUT2D eigenvalue weighted by Gasteiger charge is 2.14. The third kappa shape index (κ3) is 3.69. The summed E-state index contributed by atoms with van der Waals surface area (Å²) in [6.07, 6.45) is 0. The number of non-ortho nitro benzene ring substituents is 1. The molecule has 0 fully saturated rings. The van der Waals surface area contributed by atoms with E-state index in [2.05, 4.69) is 20.8 Å². The Hall–Kier alpha value is -2.69. The first-order valence-electron chi connectivity index (χ1n) is 5.98. The zero-order valence-corrected chi connectivity index (χ0v) is 12.5. The Bertz CT molecular complexity index is 704. The molecule has 0 aliphatic carbocycles. The fraction of sp³-hybridized carbons (Fsp3) is 0.273. The summed E-state index contributed by atoms with van der Waals surface area (Å²) in [5, 5.41) is 24.7. The van der Waals surface area contributed by atoms with Crippen molar-refractivity contribution in [3.63, 3.8) is 0 Å². The predicted molar refractivity (Wildman–Crippen MR) is 77.8 cm³/mol. The van der Waals surface area contributed by atoms with E-state index in [1.807, 2.05) is 0 Å². The van der Waals surface area contributed by atoms with E-state index in [1.54, 1.807) is 7.05 Å². The molecule has 0 saturated carbocycles. The summed E-state index contributed by atoms with van der Waals surface area (Å²) < 4.78 is 6.51. The Kier molecular flexibility index (Phi) is 4.88. The largest absolute Gasteiger partial charge is 0.495 e. The highest BCUT2D eigenvalue weighted by molar-refractivity contribution is 7.99. The van der Waals surface area contributed by atoms with Gasteiger partial charge in [0, 0.05) is 19.2 Å². The smallest absolute Gasteiger partial charge is 0.271 e. The number of rotatable bonds is 6. The third-order valence-electron chi connectivity index (χ3n) is 2.58. The molecule has 0 spiro atoms. The molecule has 1 aromatic carbocycles. The van der Waals surface area contributed by atoms with E-state index in [0.717, 1.165) is 11.8 Å². The second-order valence-electron chi connectivity index (χ2n) is 4.06. The summed E-state index contributed by atoms with van der Waals surface area (Å²) in [6, 6.07) is 3.97. The van der Waals surface area contributed by atoms with Gasteiger partial charge < -0.3 is 10.1 Å². The standard InChI is InChI=1S/C11H12N6O4S/c1-16-11(13-14-15-16)22-6-10(18)12-8-5-7(17(19)20)3-4-9(8)21-2/h3-5H,6H2,1-2H3,(H,12,18). The Morgan fingerprint density at radius 2 is 2.32 bits per heavy atom. The maximum absolute atomic E-state index is 11.9. The van der Waals surface area contributed by atoms with Crippen LogP contribution in [0.2, 0.25) is 0 Å². The number of aromatic nitrogens is 4. The number of methoxy groups -OCH3 is 1. The van der Waals surface area contributed by atoms with Gasteiger partial charge >= 0.3 is 0 Å². The molecule has 10 nitrogen and oxygen atoms in total. The summed E-state index contributed by atoms with van der Waals surface area (Å²) in [6.45, 7) is 0. The van der Waals surface area contributed by atoms with Gasteiger partial charge in [-0.15, -0.1) is 5.10 Å². The van der Waals surface area contributed by atoms with E-state index in [1.165, 1.54) is 30.0 Å². The SMILES string of the molecule is COc1ccc([N+](=O)[O-])cc1NC(=O)CSc1nnnn1C. The molecular weight excluding hydrogens is 312 g/mol. The van der Waals surface area contributed by atoms with Gasteiger partial charge in [0.05, 0.1) is 23.5 Å². The number of anilines is 1. The normalized spacial score (nSPS) is 10.3. The van der Waals surface area contributed by atoms with Gasteiger partial charge in [-0.3, -0.25) is 14.9 Å². The van der Waals surface area contributed by atoms with Crippen LogP contribution in [0.4, 0.5) is 11.4 Å². The number of carbonyl (C=O) groups is 1. The number of tetrazole rings is 1. The molecule has 0 radical (unpaired) electrons. The van der Waals surface area contributed by atoms with Crippen LogP contribution in [0.1, 0.15) is 0 Å². The highest BCUT2D eigenvalue weighted by Crippen LogP contribution is 2.29.